The standard InChI is InChI=1S/C24H8BF12.C3H9Si/c26-13-1-9(2-14(27)21(13)34)25(10-3-15(28)22(35)16(29)4-10,11-5-17(30)23(36)18(31)6-11)12-7-19(32)24(37)20(33)8-12;1-4(2)3/h1-8H;1-3H3/q-1;+1. The molecule has 0 fully saturated rings. The largest absolute Gasteiger partial charge is 0.304 e. The first-order valence-corrected chi connectivity index (χ1v) is 14.5. The lowest BCUT2D eigenvalue weighted by molar-refractivity contribution is 0.447. The summed E-state index contributed by atoms with van der Waals surface area (Å²) in [5.41, 5.74) is -3.79. The van der Waals surface area contributed by atoms with E-state index in [4.69, 9.17) is 0 Å². The van der Waals surface area contributed by atoms with Crippen LogP contribution < -0.4 is 21.9 Å². The van der Waals surface area contributed by atoms with Gasteiger partial charge in [-0.1, -0.05) is 48.5 Å². The molecule has 41 heavy (non-hydrogen) atoms. The SMILES string of the molecule is C[Si+](C)C.Fc1cc([B-](c2cc(F)c(F)c(F)c2)(c2cc(F)c(F)c(F)c2)c2cc(F)c(F)c(F)c2)cc(F)c1F. The van der Waals surface area contributed by atoms with Gasteiger partial charge in [0, 0.05) is 0 Å². The Labute approximate surface area is 227 Å². The first-order valence-electron chi connectivity index (χ1n) is 11.5. The van der Waals surface area contributed by atoms with E-state index in [-0.39, 0.29) is 57.3 Å². The third-order valence-electron chi connectivity index (χ3n) is 6.02. The molecule has 216 valence electrons. The van der Waals surface area contributed by atoms with Gasteiger partial charge in [-0.2, -0.15) is 21.9 Å². The molecule has 4 aromatic rings. The van der Waals surface area contributed by atoms with Crippen LogP contribution in [0.2, 0.25) is 19.6 Å². The molecule has 0 heterocycles. The number of benzene rings is 4. The van der Waals surface area contributed by atoms with Crippen LogP contribution in [0.1, 0.15) is 0 Å². The Kier molecular flexibility index (Phi) is 9.36. The zero-order valence-corrected chi connectivity index (χ0v) is 22.2. The third-order valence-corrected chi connectivity index (χ3v) is 6.02. The maximum Gasteiger partial charge on any atom is 0.304 e. The fourth-order valence-electron chi connectivity index (χ4n) is 4.46. The molecular formula is C27H17BF12Si. The minimum absolute atomic E-state index is 0.120. The topological polar surface area (TPSA) is 0 Å². The van der Waals surface area contributed by atoms with Crippen molar-refractivity contribution in [2.24, 2.45) is 0 Å². The van der Waals surface area contributed by atoms with E-state index in [2.05, 4.69) is 19.6 Å². The van der Waals surface area contributed by atoms with E-state index in [1.807, 2.05) is 0 Å². The normalized spacial score (nSPS) is 11.3. The minimum atomic E-state index is -4.01. The molecule has 0 atom stereocenters. The van der Waals surface area contributed by atoms with E-state index < -0.39 is 97.8 Å². The Morgan fingerprint density at radius 3 is 0.585 bits per heavy atom. The van der Waals surface area contributed by atoms with Crippen LogP contribution in [0.4, 0.5) is 52.7 Å². The van der Waals surface area contributed by atoms with Crippen LogP contribution >= 0.6 is 0 Å². The van der Waals surface area contributed by atoms with E-state index >= 15 is 0 Å². The quantitative estimate of drug-likeness (QED) is 0.149. The van der Waals surface area contributed by atoms with Gasteiger partial charge in [0.05, 0.1) is 19.6 Å². The lowest BCUT2D eigenvalue weighted by Crippen LogP contribution is -2.75. The molecule has 0 aliphatic heterocycles. The number of rotatable bonds is 4. The van der Waals surface area contributed by atoms with E-state index in [9.17, 15) is 52.7 Å². The highest BCUT2D eigenvalue weighted by Gasteiger charge is 2.37. The van der Waals surface area contributed by atoms with E-state index in [0.29, 0.717) is 0 Å². The molecule has 14 heteroatoms. The van der Waals surface area contributed by atoms with Crippen molar-refractivity contribution in [3.05, 3.63) is 118 Å². The molecule has 0 radical (unpaired) electrons. The van der Waals surface area contributed by atoms with Crippen molar-refractivity contribution in [1.29, 1.82) is 0 Å². The molecular weight excluding hydrogens is 591 g/mol. The summed E-state index contributed by atoms with van der Waals surface area (Å²) >= 11 is 0. The zero-order valence-electron chi connectivity index (χ0n) is 21.2. The fourth-order valence-corrected chi connectivity index (χ4v) is 4.46. The van der Waals surface area contributed by atoms with Crippen LogP contribution in [0.15, 0.2) is 48.5 Å². The lowest BCUT2D eigenvalue weighted by Gasteiger charge is -2.44. The minimum Gasteiger partial charge on any atom is -0.204 e. The monoisotopic (exact) mass is 608 g/mol. The summed E-state index contributed by atoms with van der Waals surface area (Å²) < 4.78 is 170. The van der Waals surface area contributed by atoms with Gasteiger partial charge in [-0.25, -0.2) is 52.7 Å². The first kappa shape index (κ1) is 31.8. The van der Waals surface area contributed by atoms with E-state index in [1.165, 1.54) is 0 Å². The van der Waals surface area contributed by atoms with Crippen molar-refractivity contribution < 1.29 is 52.7 Å². The summed E-state index contributed by atoms with van der Waals surface area (Å²) in [5, 5.41) is 0. The second kappa shape index (κ2) is 12.1. The first-order chi connectivity index (χ1) is 19.0. The van der Waals surface area contributed by atoms with E-state index in [0.717, 1.165) is 0 Å². The molecule has 0 unspecified atom stereocenters. The number of hydrogen-bond acceptors (Lipinski definition) is 0. The second-order valence-electron chi connectivity index (χ2n) is 9.56. The smallest absolute Gasteiger partial charge is 0.204 e. The number of halogens is 12. The maximum atomic E-state index is 14.4. The molecule has 0 bridgehead atoms. The van der Waals surface area contributed by atoms with Crippen LogP contribution in [0.25, 0.3) is 0 Å². The van der Waals surface area contributed by atoms with Crippen LogP contribution in [0, 0.1) is 69.8 Å². The number of hydrogen-bond donors (Lipinski definition) is 0. The van der Waals surface area contributed by atoms with Gasteiger partial charge in [-0.15, -0.1) is 0 Å². The highest BCUT2D eigenvalue weighted by atomic mass is 28.3. The molecule has 0 aliphatic rings. The summed E-state index contributed by atoms with van der Waals surface area (Å²) in [6, 6.07) is 1.41. The summed E-state index contributed by atoms with van der Waals surface area (Å²) in [6.07, 6.45) is -4.01. The average Bonchev–Trinajstić information content (AvgIpc) is 2.87. The van der Waals surface area contributed by atoms with Gasteiger partial charge < -0.3 is 0 Å². The van der Waals surface area contributed by atoms with Crippen LogP contribution in [-0.2, 0) is 0 Å². The molecule has 0 N–H and O–H groups in total. The highest BCUT2D eigenvalue weighted by Crippen LogP contribution is 2.20. The Bertz CT molecular complexity index is 1290. The van der Waals surface area contributed by atoms with Crippen molar-refractivity contribution in [3.63, 3.8) is 0 Å². The van der Waals surface area contributed by atoms with Crippen LogP contribution in [0.3, 0.4) is 0 Å². The third kappa shape index (κ3) is 6.02. The van der Waals surface area contributed by atoms with Crippen molar-refractivity contribution in [2.75, 3.05) is 0 Å². The van der Waals surface area contributed by atoms with Crippen LogP contribution in [-0.4, -0.2) is 14.9 Å². The predicted octanol–water partition coefficient (Wildman–Crippen LogP) is 6.10. The maximum absolute atomic E-state index is 14.4. The van der Waals surface area contributed by atoms with Gasteiger partial charge in [0.25, 0.3) is 0 Å². The summed E-state index contributed by atoms with van der Waals surface area (Å²) in [6.45, 7) is 6.81. The van der Waals surface area contributed by atoms with E-state index in [1.54, 1.807) is 0 Å². The Balaban J connectivity index is 0.00000108. The fraction of sp³-hybridized carbons (Fsp3) is 0.111. The Morgan fingerprint density at radius 1 is 0.341 bits per heavy atom. The zero-order chi connectivity index (χ0) is 31.0. The summed E-state index contributed by atoms with van der Waals surface area (Å²) in [4.78, 5) is 0. The van der Waals surface area contributed by atoms with Gasteiger partial charge in [0.15, 0.2) is 69.8 Å². The van der Waals surface area contributed by atoms with Gasteiger partial charge in [-0.3, -0.25) is 0 Å². The molecule has 0 aromatic heterocycles. The van der Waals surface area contributed by atoms with Gasteiger partial charge in [0.1, 0.15) is 6.15 Å². The summed E-state index contributed by atoms with van der Waals surface area (Å²) in [7, 11) is 0.120. The molecule has 0 spiro atoms. The molecule has 4 aromatic carbocycles. The van der Waals surface area contributed by atoms with Crippen molar-refractivity contribution >= 4 is 36.8 Å². The molecule has 0 amide bonds. The van der Waals surface area contributed by atoms with Crippen molar-refractivity contribution in [2.45, 2.75) is 19.6 Å². The highest BCUT2D eigenvalue weighted by molar-refractivity contribution is 7.19. The lowest BCUT2D eigenvalue weighted by atomic mass is 9.13. The molecule has 0 saturated carbocycles. The molecule has 0 nitrogen and oxygen atoms in total. The van der Waals surface area contributed by atoms with Gasteiger partial charge >= 0.3 is 8.80 Å². The Morgan fingerprint density at radius 2 is 0.463 bits per heavy atom. The average molecular weight is 608 g/mol. The van der Waals surface area contributed by atoms with Crippen molar-refractivity contribution in [3.8, 4) is 0 Å². The Hall–Kier alpha value is -3.68. The predicted molar refractivity (Wildman–Crippen MR) is 133 cm³/mol. The van der Waals surface area contributed by atoms with Crippen LogP contribution in [0.5, 0.6) is 0 Å². The molecule has 0 saturated heterocycles. The van der Waals surface area contributed by atoms with Gasteiger partial charge in [-0.05, 0) is 0 Å². The van der Waals surface area contributed by atoms with Crippen molar-refractivity contribution in [1.82, 2.24) is 0 Å². The summed E-state index contributed by atoms with van der Waals surface area (Å²) in [5.74, 6) is -24.0. The molecule has 0 aliphatic carbocycles. The van der Waals surface area contributed by atoms with Gasteiger partial charge in [0.2, 0.25) is 0 Å². The molecule has 4 rings (SSSR count). The second-order valence-corrected chi connectivity index (χ2v) is 12.6.